The Morgan fingerprint density at radius 2 is 2.60 bits per heavy atom. The molecule has 3 heteroatoms. The van der Waals surface area contributed by atoms with Gasteiger partial charge in [-0.05, 0) is 12.6 Å². The van der Waals surface area contributed by atoms with Gasteiger partial charge in [-0.15, -0.1) is 0 Å². The summed E-state index contributed by atoms with van der Waals surface area (Å²) < 4.78 is 0. The molecule has 0 saturated carbocycles. The van der Waals surface area contributed by atoms with E-state index in [2.05, 4.69) is 21.6 Å². The zero-order valence-corrected chi connectivity index (χ0v) is 5.33. The molecule has 1 radical (unpaired) electrons. The molecule has 3 nitrogen and oxygen atoms in total. The Hall–Kier alpha value is -1.38. The SMILES string of the molecule is [c]1ncc2c(n1)NC=CC2. The number of nitrogens with one attached hydrogen (secondary N) is 1. The van der Waals surface area contributed by atoms with Crippen molar-refractivity contribution in [2.45, 2.75) is 6.42 Å². The van der Waals surface area contributed by atoms with E-state index in [9.17, 15) is 0 Å². The summed E-state index contributed by atoms with van der Waals surface area (Å²) in [5.74, 6) is 0.873. The average Bonchev–Trinajstić information content (AvgIpc) is 2.05. The Balaban J connectivity index is 2.47. The molecule has 10 heavy (non-hydrogen) atoms. The first-order chi connectivity index (χ1) is 4.97. The second-order valence-electron chi connectivity index (χ2n) is 2.09. The Kier molecular flexibility index (Phi) is 1.13. The van der Waals surface area contributed by atoms with E-state index in [1.165, 1.54) is 0 Å². The van der Waals surface area contributed by atoms with E-state index in [0.717, 1.165) is 17.8 Å². The molecule has 1 aliphatic heterocycles. The molecule has 2 heterocycles. The molecule has 0 amide bonds. The van der Waals surface area contributed by atoms with E-state index < -0.39 is 0 Å². The predicted molar refractivity (Wildman–Crippen MR) is 37.3 cm³/mol. The summed E-state index contributed by atoms with van der Waals surface area (Å²) in [6.45, 7) is 0. The van der Waals surface area contributed by atoms with Crippen LogP contribution in [0.4, 0.5) is 5.82 Å². The topological polar surface area (TPSA) is 37.8 Å². The molecule has 1 N–H and O–H groups in total. The van der Waals surface area contributed by atoms with Gasteiger partial charge in [-0.1, -0.05) is 6.08 Å². The molecular weight excluding hydrogens is 126 g/mol. The Labute approximate surface area is 58.8 Å². The molecule has 0 spiro atoms. The van der Waals surface area contributed by atoms with Crippen molar-refractivity contribution in [3.63, 3.8) is 0 Å². The molecule has 1 aliphatic rings. The fourth-order valence-electron chi connectivity index (χ4n) is 0.917. The van der Waals surface area contributed by atoms with Crippen LogP contribution in [0.3, 0.4) is 0 Å². The maximum atomic E-state index is 3.92. The number of hydrogen-bond acceptors (Lipinski definition) is 3. The van der Waals surface area contributed by atoms with Crippen molar-refractivity contribution < 1.29 is 0 Å². The minimum Gasteiger partial charge on any atom is -0.347 e. The highest BCUT2D eigenvalue weighted by atomic mass is 15.0. The average molecular weight is 132 g/mol. The molecule has 0 atom stereocenters. The molecular formula is C7H6N3. The fraction of sp³-hybridized carbons (Fsp3) is 0.143. The van der Waals surface area contributed by atoms with Gasteiger partial charge in [0.15, 0.2) is 6.33 Å². The van der Waals surface area contributed by atoms with Crippen LogP contribution in [0.1, 0.15) is 5.56 Å². The Morgan fingerprint density at radius 3 is 3.50 bits per heavy atom. The Bertz CT molecular complexity index is 240. The van der Waals surface area contributed by atoms with Gasteiger partial charge in [-0.3, -0.25) is 0 Å². The second kappa shape index (κ2) is 2.10. The molecule has 0 fully saturated rings. The molecule has 2 rings (SSSR count). The van der Waals surface area contributed by atoms with Crippen LogP contribution in [-0.2, 0) is 6.42 Å². The Morgan fingerprint density at radius 1 is 1.60 bits per heavy atom. The molecule has 0 saturated heterocycles. The summed E-state index contributed by atoms with van der Waals surface area (Å²) in [5, 5.41) is 3.00. The number of allylic oxidation sites excluding steroid dienone is 1. The van der Waals surface area contributed by atoms with Gasteiger partial charge in [0.1, 0.15) is 5.82 Å². The fourth-order valence-corrected chi connectivity index (χ4v) is 0.917. The third-order valence-electron chi connectivity index (χ3n) is 1.42. The highest BCUT2D eigenvalue weighted by molar-refractivity contribution is 5.48. The van der Waals surface area contributed by atoms with Crippen molar-refractivity contribution in [2.75, 3.05) is 5.32 Å². The van der Waals surface area contributed by atoms with Gasteiger partial charge >= 0.3 is 0 Å². The van der Waals surface area contributed by atoms with E-state index in [0.29, 0.717) is 0 Å². The minimum absolute atomic E-state index is 0.873. The van der Waals surface area contributed by atoms with E-state index in [1.54, 1.807) is 6.20 Å². The summed E-state index contributed by atoms with van der Waals surface area (Å²) >= 11 is 0. The van der Waals surface area contributed by atoms with Crippen LogP contribution in [-0.4, -0.2) is 9.97 Å². The normalized spacial score (nSPS) is 14.0. The lowest BCUT2D eigenvalue weighted by Gasteiger charge is -2.08. The molecule has 0 unspecified atom stereocenters. The van der Waals surface area contributed by atoms with Gasteiger partial charge in [0.2, 0.25) is 0 Å². The van der Waals surface area contributed by atoms with Gasteiger partial charge in [-0.25, -0.2) is 9.97 Å². The summed E-state index contributed by atoms with van der Waals surface area (Å²) in [6, 6.07) is 0. The lowest BCUT2D eigenvalue weighted by atomic mass is 10.2. The number of rotatable bonds is 0. The summed E-state index contributed by atoms with van der Waals surface area (Å²) in [4.78, 5) is 7.71. The lowest BCUT2D eigenvalue weighted by Crippen LogP contribution is -2.02. The van der Waals surface area contributed by atoms with E-state index in [1.807, 2.05) is 12.3 Å². The summed E-state index contributed by atoms with van der Waals surface area (Å²) in [7, 11) is 0. The monoisotopic (exact) mass is 132 g/mol. The second-order valence-corrected chi connectivity index (χ2v) is 2.09. The maximum absolute atomic E-state index is 3.92. The largest absolute Gasteiger partial charge is 0.347 e. The van der Waals surface area contributed by atoms with Crippen LogP contribution < -0.4 is 5.32 Å². The third-order valence-corrected chi connectivity index (χ3v) is 1.42. The summed E-state index contributed by atoms with van der Waals surface area (Å²) in [5.41, 5.74) is 1.13. The molecule has 1 aromatic heterocycles. The van der Waals surface area contributed by atoms with Gasteiger partial charge in [0.05, 0.1) is 0 Å². The number of fused-ring (bicyclic) bond motifs is 1. The highest BCUT2D eigenvalue weighted by Crippen LogP contribution is 2.13. The van der Waals surface area contributed by atoms with Gasteiger partial charge in [0, 0.05) is 11.8 Å². The van der Waals surface area contributed by atoms with Crippen LogP contribution in [0.2, 0.25) is 0 Å². The van der Waals surface area contributed by atoms with Crippen molar-refractivity contribution in [1.82, 2.24) is 9.97 Å². The molecule has 0 aliphatic carbocycles. The van der Waals surface area contributed by atoms with E-state index in [4.69, 9.17) is 0 Å². The van der Waals surface area contributed by atoms with Crippen LogP contribution in [0.5, 0.6) is 0 Å². The lowest BCUT2D eigenvalue weighted by molar-refractivity contribution is 1.06. The van der Waals surface area contributed by atoms with Crippen molar-refractivity contribution in [3.05, 3.63) is 30.4 Å². The number of aromatic nitrogens is 2. The molecule has 0 aromatic carbocycles. The number of anilines is 1. The standard InChI is InChI=1S/C7H6N3/c1-2-6-4-8-5-10-7(6)9-3-1/h1,3-4H,2H2,(H,8,9,10). The molecule has 1 aromatic rings. The summed E-state index contributed by atoms with van der Waals surface area (Å²) in [6.07, 6.45) is 9.13. The van der Waals surface area contributed by atoms with Gasteiger partial charge < -0.3 is 5.32 Å². The highest BCUT2D eigenvalue weighted by Gasteiger charge is 2.03. The number of nitrogens with zero attached hydrogens (tertiary/aromatic N) is 2. The van der Waals surface area contributed by atoms with Crippen LogP contribution in [0.25, 0.3) is 0 Å². The van der Waals surface area contributed by atoms with Crippen molar-refractivity contribution in [1.29, 1.82) is 0 Å². The predicted octanol–water partition coefficient (Wildman–Crippen LogP) is 0.758. The van der Waals surface area contributed by atoms with Crippen molar-refractivity contribution in [3.8, 4) is 0 Å². The quantitative estimate of drug-likeness (QED) is 0.566. The van der Waals surface area contributed by atoms with Crippen LogP contribution in [0, 0.1) is 6.33 Å². The first-order valence-electron chi connectivity index (χ1n) is 3.10. The van der Waals surface area contributed by atoms with Crippen molar-refractivity contribution in [2.24, 2.45) is 0 Å². The zero-order chi connectivity index (χ0) is 6.81. The third kappa shape index (κ3) is 0.757. The van der Waals surface area contributed by atoms with Gasteiger partial charge in [0.25, 0.3) is 0 Å². The van der Waals surface area contributed by atoms with Crippen LogP contribution in [0.15, 0.2) is 18.5 Å². The minimum atomic E-state index is 0.873. The zero-order valence-electron chi connectivity index (χ0n) is 5.33. The van der Waals surface area contributed by atoms with Gasteiger partial charge in [-0.2, -0.15) is 0 Å². The first-order valence-corrected chi connectivity index (χ1v) is 3.10. The molecule has 49 valence electrons. The molecule has 0 bridgehead atoms. The number of hydrogen-bond donors (Lipinski definition) is 1. The van der Waals surface area contributed by atoms with E-state index >= 15 is 0 Å². The first kappa shape index (κ1) is 5.41. The maximum Gasteiger partial charge on any atom is 0.199 e. The smallest absolute Gasteiger partial charge is 0.199 e. The van der Waals surface area contributed by atoms with Crippen molar-refractivity contribution >= 4 is 5.82 Å². The van der Waals surface area contributed by atoms with E-state index in [-0.39, 0.29) is 0 Å². The van der Waals surface area contributed by atoms with Crippen LogP contribution >= 0.6 is 0 Å².